The topological polar surface area (TPSA) is 144 Å². The molecule has 33 heavy (non-hydrogen) atoms. The number of hydrogen-bond acceptors (Lipinski definition) is 7. The SMILES string of the molecule is COCCNC(=O)c1ccc(C(=O)NS(=O)(=O)c2ccc(CCNC(=O)C(C)C)cc2)cn1. The highest BCUT2D eigenvalue weighted by Crippen LogP contribution is 2.12. The van der Waals surface area contributed by atoms with Crippen LogP contribution in [0.25, 0.3) is 0 Å². The van der Waals surface area contributed by atoms with E-state index in [1.807, 2.05) is 4.72 Å². The first kappa shape index (κ1) is 25.9. The molecule has 2 rings (SSSR count). The quantitative estimate of drug-likeness (QED) is 0.409. The maximum absolute atomic E-state index is 12.5. The minimum absolute atomic E-state index is 0.00969. The Kier molecular flexibility index (Phi) is 9.49. The highest BCUT2D eigenvalue weighted by Gasteiger charge is 2.19. The maximum Gasteiger partial charge on any atom is 0.269 e. The summed E-state index contributed by atoms with van der Waals surface area (Å²) in [5, 5.41) is 5.38. The second-order valence-electron chi connectivity index (χ2n) is 7.46. The molecule has 11 heteroatoms. The van der Waals surface area contributed by atoms with Crippen LogP contribution in [0.3, 0.4) is 0 Å². The van der Waals surface area contributed by atoms with E-state index in [0.717, 1.165) is 11.8 Å². The molecule has 0 atom stereocenters. The van der Waals surface area contributed by atoms with E-state index in [9.17, 15) is 22.8 Å². The Bertz CT molecular complexity index is 1070. The average molecular weight is 477 g/mol. The molecule has 0 spiro atoms. The number of rotatable bonds is 11. The van der Waals surface area contributed by atoms with Crippen LogP contribution in [-0.2, 0) is 26.0 Å². The summed E-state index contributed by atoms with van der Waals surface area (Å²) in [6.07, 6.45) is 1.67. The number of carbonyl (C=O) groups excluding carboxylic acids is 3. The van der Waals surface area contributed by atoms with Gasteiger partial charge in [-0.1, -0.05) is 26.0 Å². The van der Waals surface area contributed by atoms with Gasteiger partial charge in [-0.25, -0.2) is 13.1 Å². The molecule has 0 saturated carbocycles. The Labute approximate surface area is 193 Å². The number of amides is 3. The highest BCUT2D eigenvalue weighted by molar-refractivity contribution is 7.90. The Balaban J connectivity index is 1.95. The lowest BCUT2D eigenvalue weighted by atomic mass is 10.1. The number of pyridine rings is 1. The number of methoxy groups -OCH3 is 1. The lowest BCUT2D eigenvalue weighted by Crippen LogP contribution is -2.31. The van der Waals surface area contributed by atoms with Gasteiger partial charge in [0, 0.05) is 32.3 Å². The normalized spacial score (nSPS) is 11.2. The minimum atomic E-state index is -4.10. The van der Waals surface area contributed by atoms with E-state index < -0.39 is 21.8 Å². The van der Waals surface area contributed by atoms with Gasteiger partial charge < -0.3 is 15.4 Å². The molecule has 1 aromatic heterocycles. The summed E-state index contributed by atoms with van der Waals surface area (Å²) in [5.74, 6) is -1.46. The standard InChI is InChI=1S/C22H28N4O6S/c1-15(2)20(27)23-11-10-16-4-7-18(8-5-16)33(30,31)26-21(28)17-6-9-19(25-14-17)22(29)24-12-13-32-3/h4-9,14-15H,10-13H2,1-3H3,(H,23,27)(H,24,29)(H,26,28). The van der Waals surface area contributed by atoms with Gasteiger partial charge in [-0.3, -0.25) is 19.4 Å². The number of carbonyl (C=O) groups is 3. The molecule has 0 fully saturated rings. The molecule has 0 aliphatic rings. The van der Waals surface area contributed by atoms with Gasteiger partial charge in [0.15, 0.2) is 0 Å². The lowest BCUT2D eigenvalue weighted by Gasteiger charge is -2.09. The van der Waals surface area contributed by atoms with Crippen LogP contribution < -0.4 is 15.4 Å². The molecule has 0 aliphatic carbocycles. The van der Waals surface area contributed by atoms with Crippen molar-refractivity contribution in [3.63, 3.8) is 0 Å². The van der Waals surface area contributed by atoms with Gasteiger partial charge in [0.05, 0.1) is 17.1 Å². The van der Waals surface area contributed by atoms with Crippen molar-refractivity contribution in [2.75, 3.05) is 26.8 Å². The summed E-state index contributed by atoms with van der Waals surface area (Å²) >= 11 is 0. The van der Waals surface area contributed by atoms with Crippen LogP contribution in [0.1, 0.15) is 40.3 Å². The first-order chi connectivity index (χ1) is 15.6. The van der Waals surface area contributed by atoms with Gasteiger partial charge in [0.1, 0.15) is 5.69 Å². The molecule has 2 aromatic rings. The first-order valence-corrected chi connectivity index (χ1v) is 11.8. The fourth-order valence-electron chi connectivity index (χ4n) is 2.63. The zero-order chi connectivity index (χ0) is 24.4. The molecule has 178 valence electrons. The number of hydrogen-bond donors (Lipinski definition) is 3. The van der Waals surface area contributed by atoms with E-state index in [0.29, 0.717) is 26.1 Å². The fraction of sp³-hybridized carbons (Fsp3) is 0.364. The summed E-state index contributed by atoms with van der Waals surface area (Å²) < 4.78 is 31.9. The zero-order valence-electron chi connectivity index (χ0n) is 18.8. The predicted octanol–water partition coefficient (Wildman–Crippen LogP) is 0.891. The van der Waals surface area contributed by atoms with E-state index in [2.05, 4.69) is 15.6 Å². The number of nitrogens with zero attached hydrogens (tertiary/aromatic N) is 1. The third kappa shape index (κ3) is 7.95. The Hall–Kier alpha value is -3.31. The molecule has 3 N–H and O–H groups in total. The zero-order valence-corrected chi connectivity index (χ0v) is 19.6. The first-order valence-electron chi connectivity index (χ1n) is 10.3. The largest absolute Gasteiger partial charge is 0.383 e. The van der Waals surface area contributed by atoms with Crippen LogP contribution in [0.5, 0.6) is 0 Å². The van der Waals surface area contributed by atoms with Crippen LogP contribution >= 0.6 is 0 Å². The molecule has 0 aliphatic heterocycles. The third-order valence-corrected chi connectivity index (χ3v) is 5.89. The molecule has 0 bridgehead atoms. The van der Waals surface area contributed by atoms with Gasteiger partial charge in [0.25, 0.3) is 21.8 Å². The molecule has 10 nitrogen and oxygen atoms in total. The number of benzene rings is 1. The van der Waals surface area contributed by atoms with Crippen LogP contribution in [0.4, 0.5) is 0 Å². The Morgan fingerprint density at radius 3 is 2.24 bits per heavy atom. The predicted molar refractivity (Wildman–Crippen MR) is 121 cm³/mol. The summed E-state index contributed by atoms with van der Waals surface area (Å²) in [4.78, 5) is 39.7. The van der Waals surface area contributed by atoms with E-state index >= 15 is 0 Å². The van der Waals surface area contributed by atoms with Crippen LogP contribution in [0, 0.1) is 5.92 Å². The van der Waals surface area contributed by atoms with E-state index in [1.54, 1.807) is 26.0 Å². The molecule has 0 unspecified atom stereocenters. The monoisotopic (exact) mass is 476 g/mol. The van der Waals surface area contributed by atoms with Gasteiger partial charge >= 0.3 is 0 Å². The third-order valence-electron chi connectivity index (χ3n) is 4.55. The number of nitrogens with one attached hydrogen (secondary N) is 3. The molecule has 3 amide bonds. The molecular weight excluding hydrogens is 448 g/mol. The van der Waals surface area contributed by atoms with Crippen LogP contribution in [0.2, 0.25) is 0 Å². The second-order valence-corrected chi connectivity index (χ2v) is 9.14. The molecule has 0 radical (unpaired) electrons. The van der Waals surface area contributed by atoms with Crippen molar-refractivity contribution < 1.29 is 27.5 Å². The minimum Gasteiger partial charge on any atom is -0.383 e. The van der Waals surface area contributed by atoms with Crippen molar-refractivity contribution in [1.29, 1.82) is 0 Å². The smallest absolute Gasteiger partial charge is 0.269 e. The van der Waals surface area contributed by atoms with Crippen LogP contribution in [0.15, 0.2) is 47.5 Å². The molecule has 1 heterocycles. The van der Waals surface area contributed by atoms with Crippen molar-refractivity contribution in [1.82, 2.24) is 20.3 Å². The number of aromatic nitrogens is 1. The van der Waals surface area contributed by atoms with Crippen LogP contribution in [-0.4, -0.2) is 57.9 Å². The van der Waals surface area contributed by atoms with Gasteiger partial charge in [0.2, 0.25) is 5.91 Å². The van der Waals surface area contributed by atoms with Crippen molar-refractivity contribution in [3.8, 4) is 0 Å². The second kappa shape index (κ2) is 12.1. The number of ether oxygens (including phenoxy) is 1. The molecule has 1 aromatic carbocycles. The van der Waals surface area contributed by atoms with E-state index in [4.69, 9.17) is 4.74 Å². The summed E-state index contributed by atoms with van der Waals surface area (Å²) in [7, 11) is -2.59. The van der Waals surface area contributed by atoms with Crippen molar-refractivity contribution in [2.45, 2.75) is 25.2 Å². The fourth-order valence-corrected chi connectivity index (χ4v) is 3.60. The van der Waals surface area contributed by atoms with Gasteiger partial charge in [-0.05, 0) is 36.2 Å². The van der Waals surface area contributed by atoms with E-state index in [-0.39, 0.29) is 28.0 Å². The molecular formula is C22H28N4O6S. The van der Waals surface area contributed by atoms with Gasteiger partial charge in [-0.2, -0.15) is 0 Å². The summed E-state index contributed by atoms with van der Waals surface area (Å²) in [6.45, 7) is 4.69. The van der Waals surface area contributed by atoms with E-state index in [1.165, 1.54) is 31.4 Å². The average Bonchev–Trinajstić information content (AvgIpc) is 2.79. The Morgan fingerprint density at radius 2 is 1.67 bits per heavy atom. The summed E-state index contributed by atoms with van der Waals surface area (Å²) in [6, 6.07) is 8.67. The number of sulfonamides is 1. The Morgan fingerprint density at radius 1 is 0.970 bits per heavy atom. The van der Waals surface area contributed by atoms with Gasteiger partial charge in [-0.15, -0.1) is 0 Å². The van der Waals surface area contributed by atoms with Crippen molar-refractivity contribution >= 4 is 27.7 Å². The molecule has 0 saturated heterocycles. The van der Waals surface area contributed by atoms with Crippen molar-refractivity contribution in [2.24, 2.45) is 5.92 Å². The highest BCUT2D eigenvalue weighted by atomic mass is 32.2. The van der Waals surface area contributed by atoms with Crippen molar-refractivity contribution in [3.05, 3.63) is 59.4 Å². The summed E-state index contributed by atoms with van der Waals surface area (Å²) in [5.41, 5.74) is 0.920. The maximum atomic E-state index is 12.5. The lowest BCUT2D eigenvalue weighted by molar-refractivity contribution is -0.123.